The Bertz CT molecular complexity index is 554. The predicted octanol–water partition coefficient (Wildman–Crippen LogP) is 1.02. The molecule has 2 fully saturated rings. The Morgan fingerprint density at radius 2 is 2.00 bits per heavy atom. The van der Waals surface area contributed by atoms with E-state index in [4.69, 9.17) is 5.73 Å². The molecule has 2 saturated heterocycles. The predicted molar refractivity (Wildman–Crippen MR) is 83.6 cm³/mol. The summed E-state index contributed by atoms with van der Waals surface area (Å²) < 4.78 is 0. The van der Waals surface area contributed by atoms with Gasteiger partial charge in [-0.25, -0.2) is 9.78 Å². The minimum Gasteiger partial charge on any atom is -0.369 e. The second-order valence-corrected chi connectivity index (χ2v) is 5.86. The lowest BCUT2D eigenvalue weighted by atomic mass is 10.1. The van der Waals surface area contributed by atoms with Crippen LogP contribution in [0, 0.1) is 5.92 Å². The molecule has 2 aliphatic rings. The van der Waals surface area contributed by atoms with E-state index in [-0.39, 0.29) is 17.9 Å². The number of aromatic nitrogens is 1. The van der Waals surface area contributed by atoms with E-state index in [0.717, 1.165) is 18.9 Å². The molecule has 3 N–H and O–H groups in total. The molecule has 0 aromatic carbocycles. The van der Waals surface area contributed by atoms with Crippen LogP contribution in [0.3, 0.4) is 0 Å². The lowest BCUT2D eigenvalue weighted by molar-refractivity contribution is -0.121. The van der Waals surface area contributed by atoms with Gasteiger partial charge in [0, 0.05) is 26.2 Å². The van der Waals surface area contributed by atoms with E-state index in [1.54, 1.807) is 11.1 Å². The van der Waals surface area contributed by atoms with Crippen molar-refractivity contribution in [3.63, 3.8) is 0 Å². The monoisotopic (exact) mass is 303 g/mol. The summed E-state index contributed by atoms with van der Waals surface area (Å²) in [6.45, 7) is 3.03. The average Bonchev–Trinajstić information content (AvgIpc) is 3.20. The van der Waals surface area contributed by atoms with Crippen LogP contribution in [-0.2, 0) is 4.79 Å². The Morgan fingerprint density at radius 3 is 2.59 bits per heavy atom. The maximum atomic E-state index is 12.1. The second kappa shape index (κ2) is 6.21. The topological polar surface area (TPSA) is 91.6 Å². The van der Waals surface area contributed by atoms with Crippen LogP contribution in [0.5, 0.6) is 0 Å². The summed E-state index contributed by atoms with van der Waals surface area (Å²) in [5, 5.41) is 2.81. The van der Waals surface area contributed by atoms with E-state index < -0.39 is 0 Å². The first-order valence-corrected chi connectivity index (χ1v) is 7.70. The maximum absolute atomic E-state index is 12.1. The van der Waals surface area contributed by atoms with E-state index in [9.17, 15) is 9.59 Å². The Labute approximate surface area is 129 Å². The largest absolute Gasteiger partial charge is 0.369 e. The van der Waals surface area contributed by atoms with Crippen molar-refractivity contribution in [2.45, 2.75) is 19.3 Å². The van der Waals surface area contributed by atoms with Crippen LogP contribution in [0.1, 0.15) is 19.3 Å². The van der Waals surface area contributed by atoms with Gasteiger partial charge in [0.1, 0.15) is 5.82 Å². The van der Waals surface area contributed by atoms with E-state index >= 15 is 0 Å². The van der Waals surface area contributed by atoms with Gasteiger partial charge in [0.2, 0.25) is 5.91 Å². The summed E-state index contributed by atoms with van der Waals surface area (Å²) >= 11 is 0. The number of amides is 3. The van der Waals surface area contributed by atoms with Crippen LogP contribution in [0.15, 0.2) is 18.3 Å². The molecule has 0 aliphatic carbocycles. The van der Waals surface area contributed by atoms with Crippen molar-refractivity contribution < 1.29 is 9.59 Å². The number of likely N-dealkylation sites (tertiary alicyclic amines) is 1. The standard InChI is InChI=1S/C15H21N5O2/c16-14(21)11-5-8-20(10-11)15(22)18-12-3-4-13(17-9-12)19-6-1-2-7-19/h3-4,9,11H,1-2,5-8,10H2,(H2,16,21)(H,18,22)/t11-/m1/s1. The Kier molecular flexibility index (Phi) is 4.13. The molecular formula is C15H21N5O2. The molecule has 118 valence electrons. The highest BCUT2D eigenvalue weighted by Gasteiger charge is 2.29. The summed E-state index contributed by atoms with van der Waals surface area (Å²) in [5.74, 6) is 0.374. The number of anilines is 2. The highest BCUT2D eigenvalue weighted by atomic mass is 16.2. The molecule has 2 aliphatic heterocycles. The van der Waals surface area contributed by atoms with E-state index in [1.165, 1.54) is 12.8 Å². The molecule has 0 unspecified atom stereocenters. The van der Waals surface area contributed by atoms with Gasteiger partial charge in [-0.1, -0.05) is 0 Å². The zero-order valence-electron chi connectivity index (χ0n) is 12.5. The first-order valence-electron chi connectivity index (χ1n) is 7.70. The van der Waals surface area contributed by atoms with Crippen LogP contribution in [0.2, 0.25) is 0 Å². The third-order valence-corrected chi connectivity index (χ3v) is 4.31. The first kappa shape index (κ1) is 14.6. The van der Waals surface area contributed by atoms with Crippen molar-refractivity contribution in [3.8, 4) is 0 Å². The molecule has 0 spiro atoms. The fraction of sp³-hybridized carbons (Fsp3) is 0.533. The van der Waals surface area contributed by atoms with Crippen molar-refractivity contribution in [1.82, 2.24) is 9.88 Å². The van der Waals surface area contributed by atoms with Gasteiger partial charge < -0.3 is 20.9 Å². The highest BCUT2D eigenvalue weighted by molar-refractivity contribution is 5.90. The molecular weight excluding hydrogens is 282 g/mol. The average molecular weight is 303 g/mol. The Balaban J connectivity index is 1.56. The normalized spacial score (nSPS) is 21.2. The SMILES string of the molecule is NC(=O)[C@@H]1CCN(C(=O)Nc2ccc(N3CCCC3)nc2)C1. The smallest absolute Gasteiger partial charge is 0.321 e. The summed E-state index contributed by atoms with van der Waals surface area (Å²) in [5.41, 5.74) is 5.94. The molecule has 3 heterocycles. The lowest BCUT2D eigenvalue weighted by Crippen LogP contribution is -2.34. The summed E-state index contributed by atoms with van der Waals surface area (Å²) in [6, 6.07) is 3.58. The van der Waals surface area contributed by atoms with Gasteiger partial charge in [0.25, 0.3) is 0 Å². The van der Waals surface area contributed by atoms with Gasteiger partial charge >= 0.3 is 6.03 Å². The number of carbonyl (C=O) groups excluding carboxylic acids is 2. The molecule has 3 amide bonds. The number of hydrogen-bond acceptors (Lipinski definition) is 4. The highest BCUT2D eigenvalue weighted by Crippen LogP contribution is 2.20. The Morgan fingerprint density at radius 1 is 1.23 bits per heavy atom. The van der Waals surface area contributed by atoms with Gasteiger partial charge in [0.15, 0.2) is 0 Å². The zero-order valence-corrected chi connectivity index (χ0v) is 12.5. The molecule has 7 nitrogen and oxygen atoms in total. The minimum absolute atomic E-state index is 0.209. The van der Waals surface area contributed by atoms with Gasteiger partial charge in [-0.15, -0.1) is 0 Å². The fourth-order valence-electron chi connectivity index (χ4n) is 2.97. The second-order valence-electron chi connectivity index (χ2n) is 5.86. The maximum Gasteiger partial charge on any atom is 0.321 e. The number of rotatable bonds is 3. The lowest BCUT2D eigenvalue weighted by Gasteiger charge is -2.18. The quantitative estimate of drug-likeness (QED) is 0.872. The first-order chi connectivity index (χ1) is 10.6. The number of hydrogen-bond donors (Lipinski definition) is 2. The number of primary amides is 1. The number of nitrogens with two attached hydrogens (primary N) is 1. The van der Waals surface area contributed by atoms with Crippen LogP contribution >= 0.6 is 0 Å². The van der Waals surface area contributed by atoms with Crippen molar-refractivity contribution in [2.24, 2.45) is 11.7 Å². The number of carbonyl (C=O) groups is 2. The number of urea groups is 1. The van der Waals surface area contributed by atoms with E-state index in [1.807, 2.05) is 12.1 Å². The van der Waals surface area contributed by atoms with E-state index in [2.05, 4.69) is 15.2 Å². The zero-order chi connectivity index (χ0) is 15.5. The molecule has 1 aromatic rings. The molecule has 0 saturated carbocycles. The number of nitrogens with one attached hydrogen (secondary N) is 1. The van der Waals surface area contributed by atoms with Crippen molar-refractivity contribution in [2.75, 3.05) is 36.4 Å². The number of nitrogens with zero attached hydrogens (tertiary/aromatic N) is 3. The van der Waals surface area contributed by atoms with Crippen molar-refractivity contribution >= 4 is 23.4 Å². The van der Waals surface area contributed by atoms with Crippen molar-refractivity contribution in [3.05, 3.63) is 18.3 Å². The van der Waals surface area contributed by atoms with Crippen LogP contribution in [0.4, 0.5) is 16.3 Å². The number of pyridine rings is 1. The molecule has 1 aromatic heterocycles. The molecule has 0 bridgehead atoms. The van der Waals surface area contributed by atoms with Gasteiger partial charge in [-0.3, -0.25) is 4.79 Å². The summed E-state index contributed by atoms with van der Waals surface area (Å²) in [4.78, 5) is 31.5. The van der Waals surface area contributed by atoms with Crippen LogP contribution in [0.25, 0.3) is 0 Å². The molecule has 0 radical (unpaired) electrons. The van der Waals surface area contributed by atoms with Gasteiger partial charge in [-0.2, -0.15) is 0 Å². The summed E-state index contributed by atoms with van der Waals surface area (Å²) in [7, 11) is 0. The minimum atomic E-state index is -0.341. The third-order valence-electron chi connectivity index (χ3n) is 4.31. The van der Waals surface area contributed by atoms with Crippen LogP contribution < -0.4 is 16.0 Å². The van der Waals surface area contributed by atoms with Crippen molar-refractivity contribution in [1.29, 1.82) is 0 Å². The van der Waals surface area contributed by atoms with Gasteiger partial charge in [-0.05, 0) is 31.4 Å². The molecule has 1 atom stereocenters. The molecule has 22 heavy (non-hydrogen) atoms. The van der Waals surface area contributed by atoms with E-state index in [0.29, 0.717) is 25.2 Å². The van der Waals surface area contributed by atoms with Gasteiger partial charge in [0.05, 0.1) is 17.8 Å². The van der Waals surface area contributed by atoms with Crippen LogP contribution in [-0.4, -0.2) is 48.0 Å². The molecule has 7 heteroatoms. The fourth-order valence-corrected chi connectivity index (χ4v) is 2.97. The summed E-state index contributed by atoms with van der Waals surface area (Å²) in [6.07, 6.45) is 4.72. The Hall–Kier alpha value is -2.31. The molecule has 3 rings (SSSR count). The third kappa shape index (κ3) is 3.13.